The van der Waals surface area contributed by atoms with Gasteiger partial charge in [0.2, 0.25) is 0 Å². The molecule has 2 aromatic rings. The fraction of sp³-hybridized carbons (Fsp3) is 0.531. The molecular formula is C32H43N3O2. The number of amides is 1. The van der Waals surface area contributed by atoms with E-state index in [1.54, 1.807) is 7.11 Å². The number of piperidine rings is 1. The number of nitrogens with one attached hydrogen (secondary N) is 1. The van der Waals surface area contributed by atoms with Crippen LogP contribution in [-0.2, 0) is 0 Å². The Morgan fingerprint density at radius 2 is 1.78 bits per heavy atom. The van der Waals surface area contributed by atoms with Crippen molar-refractivity contribution in [3.05, 3.63) is 77.9 Å². The average Bonchev–Trinajstić information content (AvgIpc) is 3.02. The van der Waals surface area contributed by atoms with Crippen LogP contribution >= 0.6 is 0 Å². The zero-order valence-corrected chi connectivity index (χ0v) is 22.4. The molecule has 0 aromatic heterocycles. The molecule has 2 saturated heterocycles. The highest BCUT2D eigenvalue weighted by atomic mass is 16.5. The number of hydrogen-bond donors (Lipinski definition) is 1. The summed E-state index contributed by atoms with van der Waals surface area (Å²) in [4.78, 5) is 18.3. The van der Waals surface area contributed by atoms with Crippen LogP contribution in [0.15, 0.2) is 61.2 Å². The van der Waals surface area contributed by atoms with Gasteiger partial charge in [-0.2, -0.15) is 0 Å². The molecule has 3 aliphatic rings. The van der Waals surface area contributed by atoms with Crippen LogP contribution in [0.4, 0.5) is 0 Å². The van der Waals surface area contributed by atoms with E-state index in [0.717, 1.165) is 43.8 Å². The molecule has 2 aromatic carbocycles. The van der Waals surface area contributed by atoms with Crippen LogP contribution in [-0.4, -0.2) is 60.6 Å². The number of carbonyl (C=O) groups excluding carboxylic acids is 1. The van der Waals surface area contributed by atoms with Gasteiger partial charge in [-0.1, -0.05) is 56.0 Å². The molecule has 1 amide bonds. The van der Waals surface area contributed by atoms with Gasteiger partial charge in [0.15, 0.2) is 0 Å². The Morgan fingerprint density at radius 3 is 2.54 bits per heavy atom. The van der Waals surface area contributed by atoms with Gasteiger partial charge in [-0.15, -0.1) is 6.58 Å². The lowest BCUT2D eigenvalue weighted by molar-refractivity contribution is 0.0927. The second kappa shape index (κ2) is 12.3. The Kier molecular flexibility index (Phi) is 8.62. The molecule has 5 rings (SSSR count). The van der Waals surface area contributed by atoms with Gasteiger partial charge in [0, 0.05) is 43.3 Å². The van der Waals surface area contributed by atoms with Crippen molar-refractivity contribution in [2.45, 2.75) is 82.0 Å². The Hall–Kier alpha value is -2.63. The van der Waals surface area contributed by atoms with E-state index in [1.165, 1.54) is 56.1 Å². The number of nitrogens with zero attached hydrogens (tertiary/aromatic N) is 2. The smallest absolute Gasteiger partial charge is 0.251 e. The minimum Gasteiger partial charge on any atom is -0.497 e. The molecule has 2 bridgehead atoms. The van der Waals surface area contributed by atoms with Gasteiger partial charge in [-0.25, -0.2) is 0 Å². The zero-order valence-electron chi connectivity index (χ0n) is 22.4. The maximum Gasteiger partial charge on any atom is 0.251 e. The normalized spacial score (nSPS) is 24.1. The van der Waals surface area contributed by atoms with Gasteiger partial charge in [0.05, 0.1) is 13.2 Å². The lowest BCUT2D eigenvalue weighted by Crippen LogP contribution is -2.48. The number of rotatable bonds is 8. The molecule has 2 aliphatic heterocycles. The number of benzene rings is 2. The highest BCUT2D eigenvalue weighted by Gasteiger charge is 2.36. The quantitative estimate of drug-likeness (QED) is 0.453. The second-order valence-corrected chi connectivity index (χ2v) is 11.1. The fourth-order valence-corrected chi connectivity index (χ4v) is 6.84. The van der Waals surface area contributed by atoms with Gasteiger partial charge < -0.3 is 10.1 Å². The maximum absolute atomic E-state index is 13.0. The van der Waals surface area contributed by atoms with Crippen LogP contribution in [0.2, 0.25) is 0 Å². The summed E-state index contributed by atoms with van der Waals surface area (Å²) in [5.74, 6) is 0.938. The van der Waals surface area contributed by atoms with E-state index < -0.39 is 0 Å². The fourth-order valence-electron chi connectivity index (χ4n) is 6.84. The lowest BCUT2D eigenvalue weighted by atomic mass is 9.93. The van der Waals surface area contributed by atoms with E-state index in [9.17, 15) is 4.79 Å². The summed E-state index contributed by atoms with van der Waals surface area (Å²) in [5.41, 5.74) is 3.22. The first-order valence-electron chi connectivity index (χ1n) is 14.3. The van der Waals surface area contributed by atoms with E-state index in [0.29, 0.717) is 18.1 Å². The van der Waals surface area contributed by atoms with E-state index in [2.05, 4.69) is 58.1 Å². The molecule has 37 heavy (non-hydrogen) atoms. The van der Waals surface area contributed by atoms with Crippen molar-refractivity contribution in [1.82, 2.24) is 15.1 Å². The molecule has 1 saturated carbocycles. The molecule has 3 fully saturated rings. The van der Waals surface area contributed by atoms with Gasteiger partial charge >= 0.3 is 0 Å². The summed E-state index contributed by atoms with van der Waals surface area (Å²) >= 11 is 0. The number of methoxy groups -OCH3 is 1. The summed E-state index contributed by atoms with van der Waals surface area (Å²) in [5, 5.41) is 3.26. The molecule has 0 radical (unpaired) electrons. The van der Waals surface area contributed by atoms with Gasteiger partial charge in [0.1, 0.15) is 5.75 Å². The molecule has 1 aliphatic carbocycles. The topological polar surface area (TPSA) is 44.8 Å². The van der Waals surface area contributed by atoms with Crippen molar-refractivity contribution in [2.75, 3.05) is 26.7 Å². The Labute approximate surface area is 222 Å². The van der Waals surface area contributed by atoms with E-state index in [1.807, 2.05) is 18.2 Å². The Bertz CT molecular complexity index is 1050. The molecule has 5 heteroatoms. The first kappa shape index (κ1) is 26.0. The van der Waals surface area contributed by atoms with Gasteiger partial charge in [-0.05, 0) is 67.5 Å². The van der Waals surface area contributed by atoms with Crippen LogP contribution in [0, 0.1) is 0 Å². The van der Waals surface area contributed by atoms with Crippen molar-refractivity contribution in [2.24, 2.45) is 0 Å². The summed E-state index contributed by atoms with van der Waals surface area (Å²) in [6.45, 7) is 7.10. The zero-order chi connectivity index (χ0) is 25.6. The first-order chi connectivity index (χ1) is 18.2. The Balaban J connectivity index is 1.41. The number of ether oxygens (including phenoxy) is 1. The van der Waals surface area contributed by atoms with Crippen LogP contribution in [0.1, 0.15) is 85.3 Å². The number of fused-ring (bicyclic) bond motifs is 2. The third-order valence-electron chi connectivity index (χ3n) is 8.75. The van der Waals surface area contributed by atoms with Crippen LogP contribution in [0.25, 0.3) is 0 Å². The highest BCUT2D eigenvalue weighted by Crippen LogP contribution is 2.36. The molecule has 2 heterocycles. The van der Waals surface area contributed by atoms with E-state index >= 15 is 0 Å². The van der Waals surface area contributed by atoms with Crippen molar-refractivity contribution in [3.63, 3.8) is 0 Å². The molecule has 5 nitrogen and oxygen atoms in total. The van der Waals surface area contributed by atoms with Crippen molar-refractivity contribution >= 4 is 5.91 Å². The van der Waals surface area contributed by atoms with E-state index in [-0.39, 0.29) is 11.9 Å². The van der Waals surface area contributed by atoms with Crippen LogP contribution in [0.3, 0.4) is 0 Å². The van der Waals surface area contributed by atoms with Crippen molar-refractivity contribution in [1.29, 1.82) is 0 Å². The number of carbonyl (C=O) groups is 1. The molecule has 1 N–H and O–H groups in total. The summed E-state index contributed by atoms with van der Waals surface area (Å²) < 4.78 is 5.60. The molecule has 198 valence electrons. The monoisotopic (exact) mass is 501 g/mol. The molecule has 3 atom stereocenters. The Morgan fingerprint density at radius 1 is 1.00 bits per heavy atom. The lowest BCUT2D eigenvalue weighted by Gasteiger charge is -2.41. The standard InChI is InChI=1S/C32H43N3O2/c1-3-20-35-28-12-8-13-29(35)23-34(21-19-28)31(26-9-7-14-30(22-26)37-2)24-15-17-25(18-16-24)32(36)33-27-10-5-4-6-11-27/h3,7,9,14-18,22,27-29,31H,1,4-6,8,10-13,19-21,23H2,2H3,(H,33,36). The second-order valence-electron chi connectivity index (χ2n) is 11.1. The van der Waals surface area contributed by atoms with Crippen molar-refractivity contribution < 1.29 is 9.53 Å². The summed E-state index contributed by atoms with van der Waals surface area (Å²) in [6, 6.07) is 18.5. The van der Waals surface area contributed by atoms with Crippen LogP contribution < -0.4 is 10.1 Å². The van der Waals surface area contributed by atoms with E-state index in [4.69, 9.17) is 4.74 Å². The largest absolute Gasteiger partial charge is 0.497 e. The molecule has 0 spiro atoms. The maximum atomic E-state index is 13.0. The summed E-state index contributed by atoms with van der Waals surface area (Å²) in [7, 11) is 1.73. The number of hydrogen-bond acceptors (Lipinski definition) is 4. The van der Waals surface area contributed by atoms with Crippen molar-refractivity contribution in [3.8, 4) is 5.75 Å². The van der Waals surface area contributed by atoms with Gasteiger partial charge in [0.25, 0.3) is 5.91 Å². The summed E-state index contributed by atoms with van der Waals surface area (Å²) in [6.07, 6.45) is 13.0. The third-order valence-corrected chi connectivity index (χ3v) is 8.75. The highest BCUT2D eigenvalue weighted by molar-refractivity contribution is 5.94. The third kappa shape index (κ3) is 6.10. The van der Waals surface area contributed by atoms with Crippen LogP contribution in [0.5, 0.6) is 5.75 Å². The predicted molar refractivity (Wildman–Crippen MR) is 150 cm³/mol. The molecular weight excluding hydrogens is 458 g/mol. The minimum absolute atomic E-state index is 0.0556. The van der Waals surface area contributed by atoms with Gasteiger partial charge in [-0.3, -0.25) is 14.6 Å². The first-order valence-corrected chi connectivity index (χ1v) is 14.3. The minimum atomic E-state index is 0.0556. The predicted octanol–water partition coefficient (Wildman–Crippen LogP) is 5.96. The molecule has 3 unspecified atom stereocenters. The SMILES string of the molecule is C=CCN1C2CCCC1CN(C(c1ccc(C(=O)NC3CCCCC3)cc1)c1cccc(OC)c1)CC2. The average molecular weight is 502 g/mol.